The molecule has 5 heteroatoms. The number of hydrogen-bond acceptors (Lipinski definition) is 4. The minimum absolute atomic E-state index is 0.213. The van der Waals surface area contributed by atoms with Gasteiger partial charge in [0.25, 0.3) is 0 Å². The van der Waals surface area contributed by atoms with Crippen molar-refractivity contribution in [2.45, 2.75) is 26.3 Å². The largest absolute Gasteiger partial charge is 0.352 e. The van der Waals surface area contributed by atoms with E-state index in [1.165, 1.54) is 0 Å². The SMILES string of the molecule is CCC(Nc1nc(C)cs1)c1ncc[nH]1. The fraction of sp³-hybridized carbons (Fsp3) is 0.400. The lowest BCUT2D eigenvalue weighted by Crippen LogP contribution is -2.11. The van der Waals surface area contributed by atoms with Crippen LogP contribution in [0.1, 0.15) is 30.9 Å². The van der Waals surface area contributed by atoms with E-state index in [0.29, 0.717) is 0 Å². The highest BCUT2D eigenvalue weighted by Crippen LogP contribution is 2.22. The van der Waals surface area contributed by atoms with Crippen LogP contribution in [0, 0.1) is 6.92 Å². The van der Waals surface area contributed by atoms with E-state index >= 15 is 0 Å². The molecule has 0 bridgehead atoms. The Kier molecular flexibility index (Phi) is 3.01. The Morgan fingerprint density at radius 1 is 1.60 bits per heavy atom. The van der Waals surface area contributed by atoms with Crippen LogP contribution in [-0.4, -0.2) is 15.0 Å². The highest BCUT2D eigenvalue weighted by Gasteiger charge is 2.12. The second-order valence-corrected chi connectivity index (χ2v) is 4.23. The number of thiazole rings is 1. The fourth-order valence-corrected chi connectivity index (χ4v) is 2.14. The lowest BCUT2D eigenvalue weighted by atomic mass is 10.2. The summed E-state index contributed by atoms with van der Waals surface area (Å²) < 4.78 is 0. The molecule has 0 aliphatic heterocycles. The molecule has 80 valence electrons. The monoisotopic (exact) mass is 222 g/mol. The zero-order valence-corrected chi connectivity index (χ0v) is 9.64. The molecular weight excluding hydrogens is 208 g/mol. The minimum Gasteiger partial charge on any atom is -0.352 e. The maximum absolute atomic E-state index is 4.37. The molecule has 0 fully saturated rings. The first-order chi connectivity index (χ1) is 7.29. The normalized spacial score (nSPS) is 12.7. The minimum atomic E-state index is 0.213. The second kappa shape index (κ2) is 4.44. The van der Waals surface area contributed by atoms with Gasteiger partial charge in [-0.3, -0.25) is 0 Å². The lowest BCUT2D eigenvalue weighted by molar-refractivity contribution is 0.703. The van der Waals surface area contributed by atoms with Crippen molar-refractivity contribution in [2.24, 2.45) is 0 Å². The van der Waals surface area contributed by atoms with Gasteiger partial charge in [-0.15, -0.1) is 11.3 Å². The molecule has 0 aromatic carbocycles. The molecule has 0 saturated heterocycles. The Morgan fingerprint density at radius 3 is 3.00 bits per heavy atom. The summed E-state index contributed by atoms with van der Waals surface area (Å²) in [4.78, 5) is 11.7. The third kappa shape index (κ3) is 2.36. The Labute approximate surface area is 92.8 Å². The Morgan fingerprint density at radius 2 is 2.47 bits per heavy atom. The van der Waals surface area contributed by atoms with Gasteiger partial charge >= 0.3 is 0 Å². The predicted molar refractivity (Wildman–Crippen MR) is 62.1 cm³/mol. The number of H-pyrrole nitrogens is 1. The molecule has 2 aromatic rings. The average molecular weight is 222 g/mol. The summed E-state index contributed by atoms with van der Waals surface area (Å²) in [7, 11) is 0. The molecular formula is C10H14N4S. The first-order valence-electron chi connectivity index (χ1n) is 4.97. The molecule has 1 unspecified atom stereocenters. The molecule has 0 spiro atoms. The summed E-state index contributed by atoms with van der Waals surface area (Å²) in [5.41, 5.74) is 1.05. The molecule has 15 heavy (non-hydrogen) atoms. The van der Waals surface area contributed by atoms with E-state index in [0.717, 1.165) is 23.1 Å². The van der Waals surface area contributed by atoms with Gasteiger partial charge in [-0.25, -0.2) is 9.97 Å². The van der Waals surface area contributed by atoms with Gasteiger partial charge in [0, 0.05) is 17.8 Å². The van der Waals surface area contributed by atoms with Crippen molar-refractivity contribution in [2.75, 3.05) is 5.32 Å². The van der Waals surface area contributed by atoms with Gasteiger partial charge in [0.1, 0.15) is 5.82 Å². The number of rotatable bonds is 4. The van der Waals surface area contributed by atoms with Crippen LogP contribution in [0.15, 0.2) is 17.8 Å². The highest BCUT2D eigenvalue weighted by atomic mass is 32.1. The van der Waals surface area contributed by atoms with Gasteiger partial charge in [-0.2, -0.15) is 0 Å². The molecule has 2 N–H and O–H groups in total. The summed E-state index contributed by atoms with van der Waals surface area (Å²) >= 11 is 1.63. The average Bonchev–Trinajstić information content (AvgIpc) is 2.85. The van der Waals surface area contributed by atoms with Gasteiger partial charge in [0.05, 0.1) is 11.7 Å². The number of hydrogen-bond donors (Lipinski definition) is 2. The maximum Gasteiger partial charge on any atom is 0.183 e. The molecule has 0 aliphatic carbocycles. The van der Waals surface area contributed by atoms with Gasteiger partial charge in [-0.1, -0.05) is 6.92 Å². The van der Waals surface area contributed by atoms with Crippen molar-refractivity contribution in [3.05, 3.63) is 29.3 Å². The van der Waals surface area contributed by atoms with E-state index in [1.54, 1.807) is 17.5 Å². The van der Waals surface area contributed by atoms with Crippen molar-refractivity contribution >= 4 is 16.5 Å². The number of nitrogens with zero attached hydrogens (tertiary/aromatic N) is 2. The van der Waals surface area contributed by atoms with E-state index in [4.69, 9.17) is 0 Å². The standard InChI is InChI=1S/C10H14N4S/c1-3-8(9-11-4-5-12-9)14-10-13-7(2)6-15-10/h4-6,8H,3H2,1-2H3,(H,11,12)(H,13,14). The maximum atomic E-state index is 4.37. The third-order valence-corrected chi connectivity index (χ3v) is 3.07. The molecule has 0 amide bonds. The molecule has 0 saturated carbocycles. The summed E-state index contributed by atoms with van der Waals surface area (Å²) in [5, 5.41) is 6.36. The van der Waals surface area contributed by atoms with E-state index in [1.807, 2.05) is 18.5 Å². The summed E-state index contributed by atoms with van der Waals surface area (Å²) in [5.74, 6) is 0.963. The van der Waals surface area contributed by atoms with Gasteiger partial charge in [0.2, 0.25) is 0 Å². The fourth-order valence-electron chi connectivity index (χ4n) is 1.40. The van der Waals surface area contributed by atoms with Gasteiger partial charge < -0.3 is 10.3 Å². The van der Waals surface area contributed by atoms with Crippen LogP contribution >= 0.6 is 11.3 Å². The molecule has 2 heterocycles. The van der Waals surface area contributed by atoms with E-state index in [9.17, 15) is 0 Å². The second-order valence-electron chi connectivity index (χ2n) is 3.37. The van der Waals surface area contributed by atoms with Crippen molar-refractivity contribution in [3.63, 3.8) is 0 Å². The number of aryl methyl sites for hydroxylation is 1. The van der Waals surface area contributed by atoms with E-state index in [-0.39, 0.29) is 6.04 Å². The van der Waals surface area contributed by atoms with Crippen LogP contribution < -0.4 is 5.32 Å². The quantitative estimate of drug-likeness (QED) is 0.836. The third-order valence-electron chi connectivity index (χ3n) is 2.17. The topological polar surface area (TPSA) is 53.6 Å². The summed E-state index contributed by atoms with van der Waals surface area (Å²) in [6.45, 7) is 4.12. The number of aromatic amines is 1. The highest BCUT2D eigenvalue weighted by molar-refractivity contribution is 7.13. The lowest BCUT2D eigenvalue weighted by Gasteiger charge is -2.13. The Bertz CT molecular complexity index is 407. The van der Waals surface area contributed by atoms with Crippen LogP contribution in [0.25, 0.3) is 0 Å². The molecule has 1 atom stereocenters. The van der Waals surface area contributed by atoms with Crippen molar-refractivity contribution in [1.29, 1.82) is 0 Å². The smallest absolute Gasteiger partial charge is 0.183 e. The van der Waals surface area contributed by atoms with Crippen LogP contribution in [0.5, 0.6) is 0 Å². The van der Waals surface area contributed by atoms with Crippen LogP contribution in [0.2, 0.25) is 0 Å². The zero-order valence-electron chi connectivity index (χ0n) is 8.82. The first kappa shape index (κ1) is 10.2. The Hall–Kier alpha value is -1.36. The van der Waals surface area contributed by atoms with Crippen molar-refractivity contribution in [3.8, 4) is 0 Å². The van der Waals surface area contributed by atoms with Crippen LogP contribution in [0.3, 0.4) is 0 Å². The first-order valence-corrected chi connectivity index (χ1v) is 5.85. The van der Waals surface area contributed by atoms with Gasteiger partial charge in [-0.05, 0) is 13.3 Å². The van der Waals surface area contributed by atoms with Crippen LogP contribution in [0.4, 0.5) is 5.13 Å². The van der Waals surface area contributed by atoms with Gasteiger partial charge in [0.15, 0.2) is 5.13 Å². The number of aromatic nitrogens is 3. The molecule has 0 aliphatic rings. The molecule has 2 rings (SSSR count). The summed E-state index contributed by atoms with van der Waals surface area (Å²) in [6, 6.07) is 0.213. The summed E-state index contributed by atoms with van der Waals surface area (Å²) in [6.07, 6.45) is 4.59. The Balaban J connectivity index is 2.09. The molecule has 2 aromatic heterocycles. The van der Waals surface area contributed by atoms with E-state index in [2.05, 4.69) is 27.2 Å². The number of imidazole rings is 1. The predicted octanol–water partition coefficient (Wildman–Crippen LogP) is 2.74. The zero-order chi connectivity index (χ0) is 10.7. The van der Waals surface area contributed by atoms with Crippen molar-refractivity contribution in [1.82, 2.24) is 15.0 Å². The number of anilines is 1. The van der Waals surface area contributed by atoms with Crippen LogP contribution in [-0.2, 0) is 0 Å². The molecule has 4 nitrogen and oxygen atoms in total. The van der Waals surface area contributed by atoms with E-state index < -0.39 is 0 Å². The number of nitrogens with one attached hydrogen (secondary N) is 2. The van der Waals surface area contributed by atoms with Crippen molar-refractivity contribution < 1.29 is 0 Å². The molecule has 0 radical (unpaired) electrons.